The van der Waals surface area contributed by atoms with Crippen LogP contribution in [0.4, 0.5) is 19.1 Å². The Morgan fingerprint density at radius 1 is 1.16 bits per heavy atom. The van der Waals surface area contributed by atoms with Crippen molar-refractivity contribution >= 4 is 23.2 Å². The highest BCUT2D eigenvalue weighted by Crippen LogP contribution is 2.71. The summed E-state index contributed by atoms with van der Waals surface area (Å²) in [4.78, 5) is 8.76. The Hall–Kier alpha value is -2.39. The molecule has 1 aromatic carbocycles. The van der Waals surface area contributed by atoms with E-state index in [1.54, 1.807) is 12.3 Å². The van der Waals surface area contributed by atoms with Gasteiger partial charge in [0.2, 0.25) is 5.95 Å². The van der Waals surface area contributed by atoms with Crippen molar-refractivity contribution < 1.29 is 18.3 Å². The number of fused-ring (bicyclic) bond motifs is 1. The number of benzene rings is 1. The molecule has 6 rings (SSSR count). The van der Waals surface area contributed by atoms with Gasteiger partial charge in [0, 0.05) is 23.9 Å². The lowest BCUT2D eigenvalue weighted by molar-refractivity contribution is -0.137. The van der Waals surface area contributed by atoms with Crippen molar-refractivity contribution in [3.8, 4) is 11.4 Å². The number of alkyl halides is 3. The lowest BCUT2D eigenvalue weighted by Gasteiger charge is -2.12. The number of aromatic nitrogens is 4. The van der Waals surface area contributed by atoms with Gasteiger partial charge in [-0.2, -0.15) is 17.7 Å². The molecule has 3 saturated carbocycles. The molecule has 0 amide bonds. The first-order chi connectivity index (χ1) is 14.7. The van der Waals surface area contributed by atoms with Gasteiger partial charge >= 0.3 is 6.18 Å². The van der Waals surface area contributed by atoms with Crippen LogP contribution in [-0.4, -0.2) is 36.8 Å². The van der Waals surface area contributed by atoms with E-state index in [9.17, 15) is 18.3 Å². The number of hydrogen-bond donors (Lipinski definition) is 2. The van der Waals surface area contributed by atoms with Gasteiger partial charge in [0.25, 0.3) is 0 Å². The van der Waals surface area contributed by atoms with Crippen molar-refractivity contribution in [3.63, 3.8) is 0 Å². The molecule has 3 unspecified atom stereocenters. The van der Waals surface area contributed by atoms with Gasteiger partial charge in [0.1, 0.15) is 0 Å². The molecule has 0 radical (unpaired) electrons. The molecule has 10 heteroatoms. The fourth-order valence-corrected chi connectivity index (χ4v) is 5.44. The van der Waals surface area contributed by atoms with E-state index in [1.807, 2.05) is 0 Å². The number of rotatable bonds is 3. The Balaban J connectivity index is 1.30. The van der Waals surface area contributed by atoms with Gasteiger partial charge in [-0.05, 0) is 61.1 Å². The molecule has 0 bridgehead atoms. The number of nitrogens with zero attached hydrogens (tertiary/aromatic N) is 4. The van der Waals surface area contributed by atoms with Gasteiger partial charge in [0.05, 0.1) is 16.7 Å². The van der Waals surface area contributed by atoms with Crippen molar-refractivity contribution in [2.24, 2.45) is 10.8 Å². The minimum absolute atomic E-state index is 0.110. The average molecular weight is 450 g/mol. The molecule has 0 saturated heterocycles. The van der Waals surface area contributed by atoms with E-state index in [0.29, 0.717) is 11.6 Å². The highest BCUT2D eigenvalue weighted by molar-refractivity contribution is 6.33. The van der Waals surface area contributed by atoms with Crippen LogP contribution in [0.15, 0.2) is 30.5 Å². The fourth-order valence-electron chi connectivity index (χ4n) is 5.24. The third-order valence-electron chi connectivity index (χ3n) is 7.25. The minimum atomic E-state index is -4.49. The molecule has 2 spiro atoms. The summed E-state index contributed by atoms with van der Waals surface area (Å²) in [7, 11) is 0. The average Bonchev–Trinajstić information content (AvgIpc) is 3.37. The van der Waals surface area contributed by atoms with E-state index in [0.717, 1.165) is 44.2 Å². The predicted molar refractivity (Wildman–Crippen MR) is 108 cm³/mol. The summed E-state index contributed by atoms with van der Waals surface area (Å²) in [6.07, 6.45) is 2.04. The molecule has 4 atom stereocenters. The van der Waals surface area contributed by atoms with Crippen molar-refractivity contribution in [2.75, 3.05) is 5.32 Å². The van der Waals surface area contributed by atoms with E-state index >= 15 is 0 Å². The monoisotopic (exact) mass is 449 g/mol. The Labute approximate surface area is 180 Å². The summed E-state index contributed by atoms with van der Waals surface area (Å²) in [6.45, 7) is 0. The van der Waals surface area contributed by atoms with Gasteiger partial charge < -0.3 is 10.4 Å². The maximum atomic E-state index is 13.1. The summed E-state index contributed by atoms with van der Waals surface area (Å²) < 4.78 is 40.9. The summed E-state index contributed by atoms with van der Waals surface area (Å²) >= 11 is 6.16. The first-order valence-electron chi connectivity index (χ1n) is 10.2. The summed E-state index contributed by atoms with van der Waals surface area (Å²) in [5.74, 6) is 0.608. The molecule has 3 aromatic rings. The fraction of sp³-hybridized carbons (Fsp3) is 0.476. The Kier molecular flexibility index (Phi) is 3.80. The second-order valence-electron chi connectivity index (χ2n) is 9.19. The van der Waals surface area contributed by atoms with E-state index in [2.05, 4.69) is 20.4 Å². The van der Waals surface area contributed by atoms with Crippen LogP contribution in [0, 0.1) is 10.8 Å². The second-order valence-corrected chi connectivity index (χ2v) is 9.60. The molecule has 0 aliphatic heterocycles. The number of anilines is 1. The van der Waals surface area contributed by atoms with Crippen molar-refractivity contribution in [2.45, 2.75) is 50.4 Å². The molecule has 2 N–H and O–H groups in total. The number of aliphatic hydroxyl groups is 1. The van der Waals surface area contributed by atoms with Crippen LogP contribution in [0.3, 0.4) is 0 Å². The van der Waals surface area contributed by atoms with E-state index in [1.165, 1.54) is 10.6 Å². The number of nitrogens with one attached hydrogen (secondary N) is 1. The van der Waals surface area contributed by atoms with Crippen LogP contribution < -0.4 is 5.32 Å². The van der Waals surface area contributed by atoms with Crippen molar-refractivity contribution in [3.05, 3.63) is 41.0 Å². The Morgan fingerprint density at radius 3 is 2.65 bits per heavy atom. The third kappa shape index (κ3) is 3.01. The normalized spacial score (nSPS) is 31.6. The Morgan fingerprint density at radius 2 is 1.94 bits per heavy atom. The van der Waals surface area contributed by atoms with Gasteiger partial charge in [-0.1, -0.05) is 11.6 Å². The second kappa shape index (κ2) is 6.10. The van der Waals surface area contributed by atoms with Gasteiger partial charge in [-0.25, -0.2) is 9.97 Å². The number of aliphatic hydroxyl groups excluding tert-OH is 1. The van der Waals surface area contributed by atoms with E-state index in [-0.39, 0.29) is 39.4 Å². The smallest absolute Gasteiger partial charge is 0.393 e. The molecule has 6 nitrogen and oxygen atoms in total. The quantitative estimate of drug-likeness (QED) is 0.612. The Bertz CT molecular complexity index is 1210. The lowest BCUT2D eigenvalue weighted by Crippen LogP contribution is -2.16. The van der Waals surface area contributed by atoms with Crippen molar-refractivity contribution in [1.82, 2.24) is 19.6 Å². The molecule has 2 heterocycles. The van der Waals surface area contributed by atoms with Crippen LogP contribution in [-0.2, 0) is 6.18 Å². The van der Waals surface area contributed by atoms with Gasteiger partial charge in [0.15, 0.2) is 11.5 Å². The van der Waals surface area contributed by atoms with Crippen molar-refractivity contribution in [1.29, 1.82) is 0 Å². The van der Waals surface area contributed by atoms with E-state index < -0.39 is 11.7 Å². The van der Waals surface area contributed by atoms with Crippen LogP contribution in [0.25, 0.3) is 17.0 Å². The number of halogens is 4. The maximum Gasteiger partial charge on any atom is 0.416 e. The molecule has 2 aromatic heterocycles. The SMILES string of the molecule is OC1CC12CC[C@]1(CC1Nc1nccc3nc(-c4cc(C(F)(F)F)ccc4Cl)nn13)C2. The zero-order valence-electron chi connectivity index (χ0n) is 16.3. The maximum absolute atomic E-state index is 13.1. The van der Waals surface area contributed by atoms with E-state index in [4.69, 9.17) is 11.6 Å². The molecule has 31 heavy (non-hydrogen) atoms. The van der Waals surface area contributed by atoms with Gasteiger partial charge in [-0.15, -0.1) is 5.10 Å². The molecule has 3 aliphatic rings. The molecular weight excluding hydrogens is 431 g/mol. The summed E-state index contributed by atoms with van der Waals surface area (Å²) in [5.41, 5.74) is 0.0938. The molecule has 3 aliphatic carbocycles. The van der Waals surface area contributed by atoms with Crippen LogP contribution in [0.5, 0.6) is 0 Å². The molecular formula is C21H19ClF3N5O. The topological polar surface area (TPSA) is 75.3 Å². The summed E-state index contributed by atoms with van der Waals surface area (Å²) in [5, 5.41) is 18.0. The third-order valence-corrected chi connectivity index (χ3v) is 7.58. The molecule has 3 fully saturated rings. The highest BCUT2D eigenvalue weighted by Gasteiger charge is 2.68. The zero-order valence-corrected chi connectivity index (χ0v) is 17.1. The predicted octanol–water partition coefficient (Wildman–Crippen LogP) is 4.57. The zero-order chi connectivity index (χ0) is 21.6. The van der Waals surface area contributed by atoms with Crippen LogP contribution in [0.2, 0.25) is 5.02 Å². The lowest BCUT2D eigenvalue weighted by atomic mass is 10.00. The largest absolute Gasteiger partial charge is 0.416 e. The minimum Gasteiger partial charge on any atom is -0.393 e. The molecule has 162 valence electrons. The first-order valence-corrected chi connectivity index (χ1v) is 10.6. The van der Waals surface area contributed by atoms with Gasteiger partial charge in [-0.3, -0.25) is 0 Å². The standard InChI is InChI=1S/C21H19ClF3N5O/c22-13-2-1-11(21(23,24)25)7-12(13)17-28-16-3-6-26-18(30(16)29-17)27-14-8-19(14)4-5-20(10-19)9-15(20)31/h1-3,6-7,14-15,31H,4-5,8-10H2,(H,26,27)/t14?,15?,19-,20?/m0/s1. The van der Waals surface area contributed by atoms with Crippen LogP contribution >= 0.6 is 11.6 Å². The van der Waals surface area contributed by atoms with Crippen LogP contribution in [0.1, 0.15) is 37.7 Å². The summed E-state index contributed by atoms with van der Waals surface area (Å²) in [6, 6.07) is 5.00. The first kappa shape index (κ1) is 19.3. The highest BCUT2D eigenvalue weighted by atomic mass is 35.5. The number of hydrogen-bond acceptors (Lipinski definition) is 5.